The number of carbonyl (C=O) groups is 2. The van der Waals surface area contributed by atoms with E-state index in [0.717, 1.165) is 22.3 Å². The monoisotopic (exact) mass is 460 g/mol. The van der Waals surface area contributed by atoms with Crippen molar-refractivity contribution in [3.63, 3.8) is 0 Å². The Bertz CT molecular complexity index is 1180. The fourth-order valence-corrected chi connectivity index (χ4v) is 5.68. The van der Waals surface area contributed by atoms with Crippen LogP contribution in [0.1, 0.15) is 35.1 Å². The van der Waals surface area contributed by atoms with Gasteiger partial charge in [0.2, 0.25) is 0 Å². The summed E-state index contributed by atoms with van der Waals surface area (Å²) in [5.74, 6) is -1.08. The molecular formula is C31H24O4. The van der Waals surface area contributed by atoms with E-state index in [9.17, 15) is 9.59 Å². The van der Waals surface area contributed by atoms with Gasteiger partial charge in [0.25, 0.3) is 0 Å². The van der Waals surface area contributed by atoms with E-state index >= 15 is 0 Å². The summed E-state index contributed by atoms with van der Waals surface area (Å²) in [6, 6.07) is 38.6. The van der Waals surface area contributed by atoms with Crippen LogP contribution < -0.4 is 0 Å². The molecule has 0 unspecified atom stereocenters. The van der Waals surface area contributed by atoms with Crippen LogP contribution in [0.4, 0.5) is 0 Å². The molecule has 2 saturated heterocycles. The van der Waals surface area contributed by atoms with Crippen molar-refractivity contribution in [1.82, 2.24) is 0 Å². The minimum Gasteiger partial charge on any atom is -0.448 e. The zero-order valence-corrected chi connectivity index (χ0v) is 19.1. The zero-order valence-electron chi connectivity index (χ0n) is 19.1. The lowest BCUT2D eigenvalue weighted by Gasteiger charge is -2.30. The number of benzene rings is 4. The molecule has 0 aliphatic carbocycles. The highest BCUT2D eigenvalue weighted by atomic mass is 16.6. The van der Waals surface area contributed by atoms with E-state index in [1.165, 1.54) is 0 Å². The largest absolute Gasteiger partial charge is 0.448 e. The average Bonchev–Trinajstić information content (AvgIpc) is 3.41. The third-order valence-electron chi connectivity index (χ3n) is 7.38. The first kappa shape index (κ1) is 21.4. The van der Waals surface area contributed by atoms with Crippen LogP contribution in [0, 0.1) is 5.41 Å². The predicted molar refractivity (Wildman–Crippen MR) is 131 cm³/mol. The highest BCUT2D eigenvalue weighted by Gasteiger charge is 2.70. The molecule has 2 fully saturated rings. The van der Waals surface area contributed by atoms with E-state index < -0.39 is 28.6 Å². The predicted octanol–water partition coefficient (Wildman–Crippen LogP) is 5.75. The second kappa shape index (κ2) is 7.95. The Balaban J connectivity index is 1.52. The summed E-state index contributed by atoms with van der Waals surface area (Å²) >= 11 is 0. The Labute approximate surface area is 204 Å². The van der Waals surface area contributed by atoms with E-state index in [2.05, 4.69) is 0 Å². The Kier molecular flexibility index (Phi) is 4.85. The van der Waals surface area contributed by atoms with E-state index in [0.29, 0.717) is 0 Å². The van der Waals surface area contributed by atoms with Gasteiger partial charge in [0.1, 0.15) is 0 Å². The second-order valence-corrected chi connectivity index (χ2v) is 9.33. The van der Waals surface area contributed by atoms with Crippen LogP contribution in [0.3, 0.4) is 0 Å². The summed E-state index contributed by atoms with van der Waals surface area (Å²) in [6.45, 7) is 0. The first-order valence-electron chi connectivity index (χ1n) is 11.8. The summed E-state index contributed by atoms with van der Waals surface area (Å²) in [4.78, 5) is 27.6. The van der Waals surface area contributed by atoms with E-state index in [1.807, 2.05) is 121 Å². The molecular weight excluding hydrogens is 436 g/mol. The average molecular weight is 461 g/mol. The molecule has 172 valence electrons. The van der Waals surface area contributed by atoms with Crippen molar-refractivity contribution >= 4 is 11.9 Å². The molecule has 0 aromatic heterocycles. The highest BCUT2D eigenvalue weighted by Crippen LogP contribution is 2.60. The highest BCUT2D eigenvalue weighted by molar-refractivity contribution is 6.04. The molecule has 1 spiro atoms. The van der Waals surface area contributed by atoms with Crippen LogP contribution in [-0.4, -0.2) is 11.9 Å². The Morgan fingerprint density at radius 1 is 0.429 bits per heavy atom. The first-order valence-corrected chi connectivity index (χ1v) is 11.8. The molecule has 0 saturated carbocycles. The summed E-state index contributed by atoms with van der Waals surface area (Å²) in [5, 5.41) is 0. The Morgan fingerprint density at radius 3 is 0.943 bits per heavy atom. The molecule has 0 atom stereocenters. The fourth-order valence-electron chi connectivity index (χ4n) is 5.68. The second-order valence-electron chi connectivity index (χ2n) is 9.33. The van der Waals surface area contributed by atoms with Gasteiger partial charge < -0.3 is 9.47 Å². The van der Waals surface area contributed by atoms with Gasteiger partial charge >= 0.3 is 11.9 Å². The van der Waals surface area contributed by atoms with Crippen molar-refractivity contribution in [2.24, 2.45) is 5.41 Å². The number of esters is 2. The number of hydrogen-bond acceptors (Lipinski definition) is 4. The van der Waals surface area contributed by atoms with E-state index in [-0.39, 0.29) is 12.8 Å². The molecule has 4 nitrogen and oxygen atoms in total. The minimum absolute atomic E-state index is 0.174. The molecule has 6 rings (SSSR count). The molecule has 35 heavy (non-hydrogen) atoms. The zero-order chi connectivity index (χ0) is 23.9. The standard InChI is InChI=1S/C31H24O4/c32-27-29(21-30(34-27,23-13-5-1-6-14-23)24-15-7-2-8-16-24)22-31(35-28(29)33,25-17-9-3-10-18-25)26-19-11-4-12-20-26/h1-20H,21-22H2. The van der Waals surface area contributed by atoms with Gasteiger partial charge in [-0.25, -0.2) is 0 Å². The third-order valence-corrected chi connectivity index (χ3v) is 7.38. The van der Waals surface area contributed by atoms with Gasteiger partial charge in [-0.15, -0.1) is 0 Å². The number of rotatable bonds is 4. The first-order chi connectivity index (χ1) is 17.1. The topological polar surface area (TPSA) is 52.6 Å². The molecule has 0 amide bonds. The Morgan fingerprint density at radius 2 is 0.686 bits per heavy atom. The molecule has 0 N–H and O–H groups in total. The third kappa shape index (κ3) is 3.13. The van der Waals surface area contributed by atoms with Gasteiger partial charge in [-0.3, -0.25) is 9.59 Å². The summed E-state index contributed by atoms with van der Waals surface area (Å²) in [6.07, 6.45) is 0.347. The molecule has 4 aromatic rings. The number of ether oxygens (including phenoxy) is 2. The van der Waals surface area contributed by atoms with Crippen molar-refractivity contribution in [1.29, 1.82) is 0 Å². The summed E-state index contributed by atoms with van der Waals surface area (Å²) in [5.41, 5.74) is -0.258. The van der Waals surface area contributed by atoms with Crippen LogP contribution in [-0.2, 0) is 30.3 Å². The van der Waals surface area contributed by atoms with Crippen molar-refractivity contribution in [3.05, 3.63) is 144 Å². The molecule has 4 heteroatoms. The number of cyclic esters (lactones) is 2. The smallest absolute Gasteiger partial charge is 0.325 e. The SMILES string of the molecule is O=C1OC(c2ccccc2)(c2ccccc2)CC12CC(c1ccccc1)(c1ccccc1)OC2=O. The van der Waals surface area contributed by atoms with Crippen LogP contribution in [0.25, 0.3) is 0 Å². The van der Waals surface area contributed by atoms with Crippen LogP contribution in [0.15, 0.2) is 121 Å². The molecule has 0 bridgehead atoms. The van der Waals surface area contributed by atoms with Crippen LogP contribution in [0.2, 0.25) is 0 Å². The molecule has 2 aliphatic rings. The fraction of sp³-hybridized carbons (Fsp3) is 0.161. The van der Waals surface area contributed by atoms with Crippen molar-refractivity contribution in [2.75, 3.05) is 0 Å². The lowest BCUT2D eigenvalue weighted by atomic mass is 9.69. The number of hydrogen-bond donors (Lipinski definition) is 0. The molecule has 2 heterocycles. The van der Waals surface area contributed by atoms with Crippen molar-refractivity contribution in [3.8, 4) is 0 Å². The van der Waals surface area contributed by atoms with Crippen molar-refractivity contribution in [2.45, 2.75) is 24.0 Å². The van der Waals surface area contributed by atoms with Gasteiger partial charge in [0.15, 0.2) is 16.6 Å². The Hall–Kier alpha value is -4.18. The lowest BCUT2D eigenvalue weighted by Crippen LogP contribution is -2.33. The minimum atomic E-state index is -1.43. The van der Waals surface area contributed by atoms with Gasteiger partial charge in [-0.1, -0.05) is 121 Å². The van der Waals surface area contributed by atoms with Gasteiger partial charge in [0.05, 0.1) is 0 Å². The van der Waals surface area contributed by atoms with Crippen molar-refractivity contribution < 1.29 is 19.1 Å². The number of carbonyl (C=O) groups excluding carboxylic acids is 2. The summed E-state index contributed by atoms with van der Waals surface area (Å²) < 4.78 is 12.5. The maximum Gasteiger partial charge on any atom is 0.325 e. The summed E-state index contributed by atoms with van der Waals surface area (Å²) in [7, 11) is 0. The van der Waals surface area contributed by atoms with Gasteiger partial charge in [-0.2, -0.15) is 0 Å². The molecule has 4 aromatic carbocycles. The maximum atomic E-state index is 13.8. The van der Waals surface area contributed by atoms with Crippen LogP contribution >= 0.6 is 0 Å². The molecule has 2 aliphatic heterocycles. The maximum absolute atomic E-state index is 13.8. The quantitative estimate of drug-likeness (QED) is 0.287. The van der Waals surface area contributed by atoms with E-state index in [1.54, 1.807) is 0 Å². The van der Waals surface area contributed by atoms with Gasteiger partial charge in [-0.05, 0) is 0 Å². The normalized spacial score (nSPS) is 19.3. The molecule has 0 radical (unpaired) electrons. The van der Waals surface area contributed by atoms with E-state index in [4.69, 9.17) is 9.47 Å². The lowest BCUT2D eigenvalue weighted by molar-refractivity contribution is -0.160. The van der Waals surface area contributed by atoms with Gasteiger partial charge in [0, 0.05) is 35.1 Å². The van der Waals surface area contributed by atoms with Crippen LogP contribution in [0.5, 0.6) is 0 Å².